The molecular weight excluding hydrogens is 302 g/mol. The van der Waals surface area contributed by atoms with Gasteiger partial charge in [-0.05, 0) is 30.7 Å². The highest BCUT2D eigenvalue weighted by Crippen LogP contribution is 2.20. The van der Waals surface area contributed by atoms with Crippen molar-refractivity contribution in [1.82, 2.24) is 24.8 Å². The van der Waals surface area contributed by atoms with Crippen molar-refractivity contribution in [3.8, 4) is 11.4 Å². The van der Waals surface area contributed by atoms with Gasteiger partial charge in [-0.2, -0.15) is 0 Å². The van der Waals surface area contributed by atoms with E-state index >= 15 is 0 Å². The van der Waals surface area contributed by atoms with E-state index in [1.54, 1.807) is 49.1 Å². The smallest absolute Gasteiger partial charge is 0.257 e. The highest BCUT2D eigenvalue weighted by Gasteiger charge is 2.19. The highest BCUT2D eigenvalue weighted by molar-refractivity contribution is 5.93. The fourth-order valence-electron chi connectivity index (χ4n) is 2.31. The first-order valence-corrected chi connectivity index (χ1v) is 7.56. The summed E-state index contributed by atoms with van der Waals surface area (Å²) >= 11 is 0. The van der Waals surface area contributed by atoms with E-state index < -0.39 is 0 Å². The first-order chi connectivity index (χ1) is 11.7. The van der Waals surface area contributed by atoms with Gasteiger partial charge in [-0.25, -0.2) is 9.97 Å². The van der Waals surface area contributed by atoms with E-state index in [1.807, 2.05) is 31.2 Å². The fraction of sp³-hybridized carbons (Fsp3) is 0.167. The van der Waals surface area contributed by atoms with Gasteiger partial charge >= 0.3 is 0 Å². The van der Waals surface area contributed by atoms with Crippen molar-refractivity contribution in [2.75, 3.05) is 7.05 Å². The zero-order chi connectivity index (χ0) is 16.9. The Labute approximate surface area is 140 Å². The molecule has 0 saturated carbocycles. The topological polar surface area (TPSA) is 71.9 Å². The average molecular weight is 319 g/mol. The summed E-state index contributed by atoms with van der Waals surface area (Å²) in [5, 5.41) is 0. The quantitative estimate of drug-likeness (QED) is 0.739. The third-order valence-electron chi connectivity index (χ3n) is 3.91. The zero-order valence-electron chi connectivity index (χ0n) is 13.5. The molecule has 0 aliphatic carbocycles. The lowest BCUT2D eigenvalue weighted by molar-refractivity contribution is 0.0741. The van der Waals surface area contributed by atoms with E-state index in [4.69, 9.17) is 0 Å². The summed E-state index contributed by atoms with van der Waals surface area (Å²) < 4.78 is 0. The molecule has 0 aliphatic rings. The first-order valence-electron chi connectivity index (χ1n) is 7.56. The lowest BCUT2D eigenvalue weighted by atomic mass is 10.1. The van der Waals surface area contributed by atoms with Crippen LogP contribution in [0.15, 0.2) is 61.4 Å². The molecule has 0 fully saturated rings. The molecule has 3 aromatic rings. The number of hydrogen-bond acceptors (Lipinski definition) is 5. The molecule has 120 valence electrons. The van der Waals surface area contributed by atoms with E-state index in [-0.39, 0.29) is 11.9 Å². The van der Waals surface area contributed by atoms with Crippen LogP contribution < -0.4 is 0 Å². The zero-order valence-corrected chi connectivity index (χ0v) is 13.5. The summed E-state index contributed by atoms with van der Waals surface area (Å²) in [7, 11) is 1.76. The molecule has 24 heavy (non-hydrogen) atoms. The Bertz CT molecular complexity index is 806. The Kier molecular flexibility index (Phi) is 4.56. The van der Waals surface area contributed by atoms with Gasteiger partial charge in [-0.3, -0.25) is 14.8 Å². The largest absolute Gasteiger partial charge is 0.335 e. The van der Waals surface area contributed by atoms with Crippen molar-refractivity contribution in [3.05, 3.63) is 72.6 Å². The van der Waals surface area contributed by atoms with Gasteiger partial charge in [0.2, 0.25) is 0 Å². The Morgan fingerprint density at radius 3 is 2.33 bits per heavy atom. The van der Waals surface area contributed by atoms with E-state index in [9.17, 15) is 4.79 Å². The summed E-state index contributed by atoms with van der Waals surface area (Å²) in [6.07, 6.45) is 9.94. The molecule has 0 saturated heterocycles. The van der Waals surface area contributed by atoms with E-state index in [0.29, 0.717) is 11.4 Å². The molecule has 3 aromatic heterocycles. The Balaban J connectivity index is 1.77. The molecule has 1 amide bonds. The second-order valence-corrected chi connectivity index (χ2v) is 5.41. The number of amides is 1. The highest BCUT2D eigenvalue weighted by atomic mass is 16.2. The molecule has 6 nitrogen and oxygen atoms in total. The molecule has 0 unspecified atom stereocenters. The maximum absolute atomic E-state index is 12.6. The van der Waals surface area contributed by atoms with Crippen LogP contribution >= 0.6 is 0 Å². The third kappa shape index (κ3) is 3.27. The minimum atomic E-state index is -0.132. The molecule has 0 spiro atoms. The molecule has 3 rings (SSSR count). The van der Waals surface area contributed by atoms with Gasteiger partial charge < -0.3 is 4.90 Å². The number of carbonyl (C=O) groups is 1. The standard InChI is InChI=1S/C18H17N5O/c1-13(15-4-3-7-20-10-15)23(2)18(24)16-11-21-17(22-12-16)14-5-8-19-9-6-14/h3-13H,1-2H3/t13-/m1/s1. The second-order valence-electron chi connectivity index (χ2n) is 5.41. The molecule has 0 aromatic carbocycles. The average Bonchev–Trinajstić information content (AvgIpc) is 2.68. The number of nitrogens with zero attached hydrogens (tertiary/aromatic N) is 5. The predicted molar refractivity (Wildman–Crippen MR) is 90.0 cm³/mol. The predicted octanol–water partition coefficient (Wildman–Crippen LogP) is 2.77. The number of rotatable bonds is 4. The molecule has 6 heteroatoms. The summed E-state index contributed by atoms with van der Waals surface area (Å²) in [5.41, 5.74) is 2.29. The molecule has 0 bridgehead atoms. The summed E-state index contributed by atoms with van der Waals surface area (Å²) in [5.74, 6) is 0.435. The number of carbonyl (C=O) groups excluding carboxylic acids is 1. The van der Waals surface area contributed by atoms with Crippen molar-refractivity contribution in [2.24, 2.45) is 0 Å². The normalized spacial score (nSPS) is 11.8. The molecule has 0 aliphatic heterocycles. The van der Waals surface area contributed by atoms with Crippen LogP contribution in [-0.2, 0) is 0 Å². The van der Waals surface area contributed by atoms with E-state index in [2.05, 4.69) is 19.9 Å². The van der Waals surface area contributed by atoms with Crippen LogP contribution in [0.1, 0.15) is 28.9 Å². The van der Waals surface area contributed by atoms with Crippen LogP contribution in [0.3, 0.4) is 0 Å². The van der Waals surface area contributed by atoms with Gasteiger partial charge in [-0.15, -0.1) is 0 Å². The van der Waals surface area contributed by atoms with Crippen molar-refractivity contribution in [1.29, 1.82) is 0 Å². The van der Waals surface area contributed by atoms with Gasteiger partial charge in [0.1, 0.15) is 0 Å². The number of aromatic nitrogens is 4. The summed E-state index contributed by atoms with van der Waals surface area (Å²) in [4.78, 5) is 30.9. The summed E-state index contributed by atoms with van der Waals surface area (Å²) in [6, 6.07) is 7.37. The molecule has 3 heterocycles. The monoisotopic (exact) mass is 319 g/mol. The Morgan fingerprint density at radius 2 is 1.71 bits per heavy atom. The van der Waals surface area contributed by atoms with E-state index in [0.717, 1.165) is 11.1 Å². The van der Waals surface area contributed by atoms with Crippen LogP contribution in [-0.4, -0.2) is 37.8 Å². The van der Waals surface area contributed by atoms with Crippen molar-refractivity contribution < 1.29 is 4.79 Å². The lowest BCUT2D eigenvalue weighted by Crippen LogP contribution is -2.30. The molecule has 0 radical (unpaired) electrons. The van der Waals surface area contributed by atoms with Crippen LogP contribution in [0.4, 0.5) is 0 Å². The maximum Gasteiger partial charge on any atom is 0.257 e. The molecular formula is C18H17N5O. The number of pyridine rings is 2. The van der Waals surface area contributed by atoms with Gasteiger partial charge in [0, 0.05) is 49.8 Å². The minimum Gasteiger partial charge on any atom is -0.335 e. The van der Waals surface area contributed by atoms with Crippen molar-refractivity contribution in [2.45, 2.75) is 13.0 Å². The van der Waals surface area contributed by atoms with Gasteiger partial charge in [0.05, 0.1) is 11.6 Å². The van der Waals surface area contributed by atoms with Gasteiger partial charge in [0.15, 0.2) is 5.82 Å². The SMILES string of the molecule is C[C@H](c1cccnc1)N(C)C(=O)c1cnc(-c2ccncc2)nc1. The van der Waals surface area contributed by atoms with Crippen molar-refractivity contribution >= 4 is 5.91 Å². The fourth-order valence-corrected chi connectivity index (χ4v) is 2.31. The Morgan fingerprint density at radius 1 is 1.00 bits per heavy atom. The minimum absolute atomic E-state index is 0.0916. The summed E-state index contributed by atoms with van der Waals surface area (Å²) in [6.45, 7) is 1.96. The van der Waals surface area contributed by atoms with Gasteiger partial charge in [-0.1, -0.05) is 6.07 Å². The van der Waals surface area contributed by atoms with Crippen LogP contribution in [0.25, 0.3) is 11.4 Å². The van der Waals surface area contributed by atoms with Crippen LogP contribution in [0, 0.1) is 0 Å². The van der Waals surface area contributed by atoms with Crippen LogP contribution in [0.2, 0.25) is 0 Å². The number of hydrogen-bond donors (Lipinski definition) is 0. The first kappa shape index (κ1) is 15.7. The lowest BCUT2D eigenvalue weighted by Gasteiger charge is -2.25. The van der Waals surface area contributed by atoms with Gasteiger partial charge in [0.25, 0.3) is 5.91 Å². The maximum atomic E-state index is 12.6. The molecule has 1 atom stereocenters. The second kappa shape index (κ2) is 6.95. The van der Waals surface area contributed by atoms with E-state index in [1.165, 1.54) is 0 Å². The Hall–Kier alpha value is -3.15. The van der Waals surface area contributed by atoms with Crippen LogP contribution in [0.5, 0.6) is 0 Å². The van der Waals surface area contributed by atoms with Crippen molar-refractivity contribution in [3.63, 3.8) is 0 Å². The third-order valence-corrected chi connectivity index (χ3v) is 3.91. The molecule has 0 N–H and O–H groups in total.